The lowest BCUT2D eigenvalue weighted by Crippen LogP contribution is -2.05. The van der Waals surface area contributed by atoms with Crippen molar-refractivity contribution in [2.45, 2.75) is 6.18 Å². The number of aromatic nitrogens is 3. The Morgan fingerprint density at radius 2 is 1.69 bits per heavy atom. The molecular weight excluding hydrogens is 383 g/mol. The maximum Gasteiger partial charge on any atom is 0.416 e. The van der Waals surface area contributed by atoms with Gasteiger partial charge in [0.25, 0.3) is 0 Å². The summed E-state index contributed by atoms with van der Waals surface area (Å²) in [6, 6.07) is 12.3. The first-order valence-corrected chi connectivity index (χ1v) is 8.64. The van der Waals surface area contributed by atoms with Gasteiger partial charge in [-0.15, -0.1) is 0 Å². The minimum atomic E-state index is -4.42. The average Bonchev–Trinajstić information content (AvgIpc) is 3.16. The number of imidazole rings is 1. The van der Waals surface area contributed by atoms with Crippen molar-refractivity contribution in [3.63, 3.8) is 0 Å². The number of ether oxygens (including phenoxy) is 2. The molecule has 29 heavy (non-hydrogen) atoms. The lowest BCUT2D eigenvalue weighted by molar-refractivity contribution is -0.137. The molecule has 4 aromatic rings. The molecule has 0 fully saturated rings. The molecule has 0 bridgehead atoms. The van der Waals surface area contributed by atoms with Gasteiger partial charge >= 0.3 is 6.18 Å². The first-order chi connectivity index (χ1) is 13.9. The third-order valence-electron chi connectivity index (χ3n) is 4.56. The zero-order valence-electron chi connectivity index (χ0n) is 15.6. The molecule has 0 aliphatic carbocycles. The van der Waals surface area contributed by atoms with E-state index in [4.69, 9.17) is 9.47 Å². The Morgan fingerprint density at radius 3 is 2.41 bits per heavy atom. The zero-order valence-corrected chi connectivity index (χ0v) is 15.6. The summed E-state index contributed by atoms with van der Waals surface area (Å²) in [5.41, 5.74) is 2.28. The molecule has 2 aromatic heterocycles. The predicted octanol–water partition coefficient (Wildman–Crippen LogP) is 5.12. The third kappa shape index (κ3) is 3.49. The standard InChI is InChI=1S/C21H16F3N3O2/c1-28-19-7-6-13(8-20(19)29-2)16-10-18-17(11-25-16)26-12-27(18)15-5-3-4-14(9-15)21(22,23)24/h3-12H,1-2H3. The topological polar surface area (TPSA) is 49.2 Å². The first-order valence-electron chi connectivity index (χ1n) is 8.64. The molecule has 0 aliphatic heterocycles. The summed E-state index contributed by atoms with van der Waals surface area (Å²) in [5.74, 6) is 1.14. The van der Waals surface area contributed by atoms with Gasteiger partial charge in [-0.25, -0.2) is 4.98 Å². The van der Waals surface area contributed by atoms with Crippen molar-refractivity contribution in [3.8, 4) is 28.4 Å². The maximum absolute atomic E-state index is 13.1. The number of fused-ring (bicyclic) bond motifs is 1. The van der Waals surface area contributed by atoms with Gasteiger partial charge < -0.3 is 9.47 Å². The van der Waals surface area contributed by atoms with Gasteiger partial charge in [-0.3, -0.25) is 9.55 Å². The summed E-state index contributed by atoms with van der Waals surface area (Å²) in [6.45, 7) is 0. The van der Waals surface area contributed by atoms with Gasteiger partial charge in [0.2, 0.25) is 0 Å². The van der Waals surface area contributed by atoms with E-state index in [1.165, 1.54) is 12.4 Å². The normalized spacial score (nSPS) is 11.6. The third-order valence-corrected chi connectivity index (χ3v) is 4.56. The van der Waals surface area contributed by atoms with Gasteiger partial charge in [-0.05, 0) is 42.5 Å². The minimum Gasteiger partial charge on any atom is -0.493 e. The van der Waals surface area contributed by atoms with Crippen LogP contribution < -0.4 is 9.47 Å². The fraction of sp³-hybridized carbons (Fsp3) is 0.143. The molecule has 4 rings (SSSR count). The Hall–Kier alpha value is -3.55. The number of nitrogens with zero attached hydrogens (tertiary/aromatic N) is 3. The summed E-state index contributed by atoms with van der Waals surface area (Å²) >= 11 is 0. The van der Waals surface area contributed by atoms with Crippen LogP contribution in [0.1, 0.15) is 5.56 Å². The Morgan fingerprint density at radius 1 is 0.897 bits per heavy atom. The van der Waals surface area contributed by atoms with Crippen molar-refractivity contribution in [2.24, 2.45) is 0 Å². The fourth-order valence-corrected chi connectivity index (χ4v) is 3.10. The molecule has 0 radical (unpaired) electrons. The van der Waals surface area contributed by atoms with Crippen LogP contribution in [0.3, 0.4) is 0 Å². The predicted molar refractivity (Wildman–Crippen MR) is 102 cm³/mol. The average molecular weight is 399 g/mol. The molecule has 0 unspecified atom stereocenters. The van der Waals surface area contributed by atoms with Crippen molar-refractivity contribution in [1.82, 2.24) is 14.5 Å². The minimum absolute atomic E-state index is 0.367. The van der Waals surface area contributed by atoms with Gasteiger partial charge in [0.15, 0.2) is 11.5 Å². The molecule has 8 heteroatoms. The van der Waals surface area contributed by atoms with Crippen molar-refractivity contribution < 1.29 is 22.6 Å². The largest absolute Gasteiger partial charge is 0.493 e. The highest BCUT2D eigenvalue weighted by Gasteiger charge is 2.30. The van der Waals surface area contributed by atoms with Crippen LogP contribution >= 0.6 is 0 Å². The van der Waals surface area contributed by atoms with E-state index in [1.54, 1.807) is 49.2 Å². The van der Waals surface area contributed by atoms with E-state index in [1.807, 2.05) is 6.07 Å². The molecule has 0 saturated carbocycles. The van der Waals surface area contributed by atoms with Crippen molar-refractivity contribution in [2.75, 3.05) is 14.2 Å². The summed E-state index contributed by atoms with van der Waals surface area (Å²) in [4.78, 5) is 8.68. The van der Waals surface area contributed by atoms with Crippen LogP contribution in [0.4, 0.5) is 13.2 Å². The quantitative estimate of drug-likeness (QED) is 0.478. The van der Waals surface area contributed by atoms with E-state index < -0.39 is 11.7 Å². The lowest BCUT2D eigenvalue weighted by Gasteiger charge is -2.11. The Kier molecular flexibility index (Phi) is 4.62. The van der Waals surface area contributed by atoms with Crippen LogP contribution in [-0.2, 0) is 6.18 Å². The van der Waals surface area contributed by atoms with Crippen molar-refractivity contribution in [3.05, 3.63) is 66.6 Å². The molecule has 148 valence electrons. The second-order valence-electron chi connectivity index (χ2n) is 6.29. The van der Waals surface area contributed by atoms with Crippen LogP contribution in [0.25, 0.3) is 28.0 Å². The molecule has 0 spiro atoms. The number of rotatable bonds is 4. The van der Waals surface area contributed by atoms with Crippen molar-refractivity contribution in [1.29, 1.82) is 0 Å². The van der Waals surface area contributed by atoms with Crippen LogP contribution in [0.2, 0.25) is 0 Å². The molecule has 0 N–H and O–H groups in total. The highest BCUT2D eigenvalue weighted by molar-refractivity contribution is 5.81. The second kappa shape index (κ2) is 7.12. The summed E-state index contributed by atoms with van der Waals surface area (Å²) in [7, 11) is 3.09. The highest BCUT2D eigenvalue weighted by Crippen LogP contribution is 2.33. The molecule has 0 saturated heterocycles. The molecule has 0 atom stereocenters. The smallest absolute Gasteiger partial charge is 0.416 e. The zero-order chi connectivity index (χ0) is 20.6. The van der Waals surface area contributed by atoms with Crippen LogP contribution in [0.5, 0.6) is 11.5 Å². The highest BCUT2D eigenvalue weighted by atomic mass is 19.4. The molecular formula is C21H16F3N3O2. The monoisotopic (exact) mass is 399 g/mol. The lowest BCUT2D eigenvalue weighted by atomic mass is 10.1. The van der Waals surface area contributed by atoms with E-state index in [0.717, 1.165) is 17.7 Å². The molecule has 0 aliphatic rings. The number of halogens is 3. The molecule has 2 aromatic carbocycles. The number of benzene rings is 2. The van der Waals surface area contributed by atoms with Gasteiger partial charge in [0, 0.05) is 11.3 Å². The van der Waals surface area contributed by atoms with Gasteiger partial charge in [0.1, 0.15) is 11.8 Å². The number of hydrogen-bond donors (Lipinski definition) is 0. The number of methoxy groups -OCH3 is 2. The Bertz CT molecular complexity index is 1190. The first kappa shape index (κ1) is 18.8. The maximum atomic E-state index is 13.1. The number of hydrogen-bond acceptors (Lipinski definition) is 4. The van der Waals surface area contributed by atoms with Crippen LogP contribution in [0.15, 0.2) is 61.1 Å². The fourth-order valence-electron chi connectivity index (χ4n) is 3.10. The molecule has 2 heterocycles. The van der Waals surface area contributed by atoms with Crippen LogP contribution in [0, 0.1) is 0 Å². The summed E-state index contributed by atoms with van der Waals surface area (Å²) < 4.78 is 51.4. The molecule has 0 amide bonds. The van der Waals surface area contributed by atoms with E-state index >= 15 is 0 Å². The SMILES string of the molecule is COc1ccc(-c2cc3c(cn2)ncn3-c2cccc(C(F)(F)F)c2)cc1OC. The van der Waals surface area contributed by atoms with E-state index in [2.05, 4.69) is 9.97 Å². The summed E-state index contributed by atoms with van der Waals surface area (Å²) in [6.07, 6.45) is -1.34. The number of alkyl halides is 3. The van der Waals surface area contributed by atoms with Gasteiger partial charge in [0.05, 0.1) is 37.2 Å². The Labute approximate surface area is 164 Å². The van der Waals surface area contributed by atoms with E-state index in [0.29, 0.717) is 33.9 Å². The van der Waals surface area contributed by atoms with E-state index in [-0.39, 0.29) is 0 Å². The Balaban J connectivity index is 1.82. The van der Waals surface area contributed by atoms with Crippen LogP contribution in [-0.4, -0.2) is 28.8 Å². The summed E-state index contributed by atoms with van der Waals surface area (Å²) in [5, 5.41) is 0. The van der Waals surface area contributed by atoms with Crippen molar-refractivity contribution >= 4 is 11.0 Å². The van der Waals surface area contributed by atoms with Gasteiger partial charge in [-0.1, -0.05) is 6.07 Å². The van der Waals surface area contributed by atoms with E-state index in [9.17, 15) is 13.2 Å². The van der Waals surface area contributed by atoms with Gasteiger partial charge in [-0.2, -0.15) is 13.2 Å². The second-order valence-corrected chi connectivity index (χ2v) is 6.29. The molecule has 5 nitrogen and oxygen atoms in total. The number of pyridine rings is 1.